The van der Waals surface area contributed by atoms with E-state index in [0.717, 1.165) is 24.8 Å². The molecule has 158 valence electrons. The van der Waals surface area contributed by atoms with Crippen LogP contribution in [-0.2, 0) is 12.8 Å². The van der Waals surface area contributed by atoms with Crippen LogP contribution in [0.15, 0.2) is 60.8 Å². The predicted molar refractivity (Wildman–Crippen MR) is 118 cm³/mol. The van der Waals surface area contributed by atoms with Crippen molar-refractivity contribution in [2.24, 2.45) is 0 Å². The molecule has 1 atom stereocenters. The first-order chi connectivity index (χ1) is 15.0. The van der Waals surface area contributed by atoms with Crippen molar-refractivity contribution in [2.45, 2.75) is 25.3 Å². The number of aromatic nitrogens is 1. The number of amides is 2. The minimum atomic E-state index is -0.269. The molecule has 0 fully saturated rings. The number of pyridine rings is 1. The maximum Gasteiger partial charge on any atom is 0.269 e. The fraction of sp³-hybridized carbons (Fsp3) is 0.208. The molecule has 1 aliphatic carbocycles. The van der Waals surface area contributed by atoms with Crippen LogP contribution in [0.1, 0.15) is 38.4 Å². The number of fused-ring (bicyclic) bond motifs is 1. The van der Waals surface area contributed by atoms with Crippen LogP contribution in [-0.4, -0.2) is 29.9 Å². The standard InChI is InChI=1S/C24H24N4O3/c1-26-24(30)22-14-21(9-10-27-22)31-20-8-6-15-5-7-19(12-17(15)13-20)28-23(29)16-3-2-4-18(25)11-16/h2-4,6,8-11,13-14,19H,5,7,12,25H2,1H3,(H,26,30)(H,28,29). The monoisotopic (exact) mass is 416 g/mol. The molecule has 1 unspecified atom stereocenters. The van der Waals surface area contributed by atoms with Gasteiger partial charge in [-0.1, -0.05) is 12.1 Å². The van der Waals surface area contributed by atoms with Crippen molar-refractivity contribution in [3.8, 4) is 11.5 Å². The summed E-state index contributed by atoms with van der Waals surface area (Å²) < 4.78 is 5.96. The molecule has 1 heterocycles. The van der Waals surface area contributed by atoms with Crippen molar-refractivity contribution in [3.63, 3.8) is 0 Å². The van der Waals surface area contributed by atoms with Crippen LogP contribution in [0, 0.1) is 0 Å². The van der Waals surface area contributed by atoms with Crippen LogP contribution < -0.4 is 21.1 Å². The summed E-state index contributed by atoms with van der Waals surface area (Å²) in [6.07, 6.45) is 4.02. The molecule has 4 rings (SSSR count). The van der Waals surface area contributed by atoms with E-state index in [1.807, 2.05) is 12.1 Å². The number of rotatable bonds is 5. The largest absolute Gasteiger partial charge is 0.457 e. The molecule has 0 aliphatic heterocycles. The summed E-state index contributed by atoms with van der Waals surface area (Å²) in [5.41, 5.74) is 9.60. The molecule has 0 radical (unpaired) electrons. The number of carbonyl (C=O) groups is 2. The number of hydrogen-bond donors (Lipinski definition) is 3. The number of anilines is 1. The third-order valence-corrected chi connectivity index (χ3v) is 5.32. The predicted octanol–water partition coefficient (Wildman–Crippen LogP) is 3.10. The van der Waals surface area contributed by atoms with Crippen molar-refractivity contribution < 1.29 is 14.3 Å². The summed E-state index contributed by atoms with van der Waals surface area (Å²) >= 11 is 0. The Hall–Kier alpha value is -3.87. The van der Waals surface area contributed by atoms with Crippen molar-refractivity contribution >= 4 is 17.5 Å². The highest BCUT2D eigenvalue weighted by molar-refractivity contribution is 5.95. The molecule has 0 saturated carbocycles. The lowest BCUT2D eigenvalue weighted by molar-refractivity contribution is 0.0931. The van der Waals surface area contributed by atoms with E-state index in [9.17, 15) is 9.59 Å². The molecule has 1 aromatic heterocycles. The zero-order chi connectivity index (χ0) is 21.8. The lowest BCUT2D eigenvalue weighted by Gasteiger charge is -2.26. The van der Waals surface area contributed by atoms with Gasteiger partial charge < -0.3 is 21.1 Å². The lowest BCUT2D eigenvalue weighted by Crippen LogP contribution is -2.38. The molecule has 7 nitrogen and oxygen atoms in total. The smallest absolute Gasteiger partial charge is 0.269 e. The first-order valence-corrected chi connectivity index (χ1v) is 10.2. The average Bonchev–Trinajstić information content (AvgIpc) is 2.78. The van der Waals surface area contributed by atoms with E-state index in [-0.39, 0.29) is 17.9 Å². The van der Waals surface area contributed by atoms with E-state index in [4.69, 9.17) is 10.5 Å². The molecule has 2 aromatic carbocycles. The third-order valence-electron chi connectivity index (χ3n) is 5.32. The number of benzene rings is 2. The van der Waals surface area contributed by atoms with Crippen molar-refractivity contribution in [1.82, 2.24) is 15.6 Å². The molecule has 0 saturated heterocycles. The number of nitrogen functional groups attached to an aromatic ring is 1. The SMILES string of the molecule is CNC(=O)c1cc(Oc2ccc3c(c2)CC(NC(=O)c2cccc(N)c2)CC3)ccn1. The van der Waals surface area contributed by atoms with Gasteiger partial charge in [-0.2, -0.15) is 0 Å². The van der Waals surface area contributed by atoms with E-state index in [2.05, 4.69) is 21.7 Å². The van der Waals surface area contributed by atoms with Gasteiger partial charge in [0.1, 0.15) is 17.2 Å². The van der Waals surface area contributed by atoms with Crippen LogP contribution in [0.5, 0.6) is 11.5 Å². The average molecular weight is 416 g/mol. The maximum absolute atomic E-state index is 12.6. The molecular formula is C24H24N4O3. The van der Waals surface area contributed by atoms with Crippen molar-refractivity contribution in [3.05, 3.63) is 83.2 Å². The van der Waals surface area contributed by atoms with Gasteiger partial charge in [0, 0.05) is 36.6 Å². The number of nitrogens with one attached hydrogen (secondary N) is 2. The summed E-state index contributed by atoms with van der Waals surface area (Å²) in [6.45, 7) is 0. The molecule has 7 heteroatoms. The Morgan fingerprint density at radius 1 is 1.03 bits per heavy atom. The fourth-order valence-corrected chi connectivity index (χ4v) is 3.73. The number of nitrogens with zero attached hydrogens (tertiary/aromatic N) is 1. The number of carbonyl (C=O) groups excluding carboxylic acids is 2. The molecule has 31 heavy (non-hydrogen) atoms. The highest BCUT2D eigenvalue weighted by Gasteiger charge is 2.21. The quantitative estimate of drug-likeness (QED) is 0.554. The molecule has 1 aliphatic rings. The van der Waals surface area contributed by atoms with Gasteiger partial charge in [0.2, 0.25) is 0 Å². The van der Waals surface area contributed by atoms with Crippen LogP contribution in [0.25, 0.3) is 0 Å². The first kappa shape index (κ1) is 20.4. The maximum atomic E-state index is 12.6. The second kappa shape index (κ2) is 8.87. The van der Waals surface area contributed by atoms with Gasteiger partial charge in [-0.3, -0.25) is 14.6 Å². The summed E-state index contributed by atoms with van der Waals surface area (Å²) in [5.74, 6) is 0.827. The van der Waals surface area contributed by atoms with Crippen molar-refractivity contribution in [2.75, 3.05) is 12.8 Å². The highest BCUT2D eigenvalue weighted by atomic mass is 16.5. The van der Waals surface area contributed by atoms with Crippen LogP contribution in [0.3, 0.4) is 0 Å². The van der Waals surface area contributed by atoms with E-state index < -0.39 is 0 Å². The topological polar surface area (TPSA) is 106 Å². The van der Waals surface area contributed by atoms with E-state index in [0.29, 0.717) is 28.4 Å². The van der Waals surface area contributed by atoms with Gasteiger partial charge in [0.25, 0.3) is 11.8 Å². The summed E-state index contributed by atoms with van der Waals surface area (Å²) in [5, 5.41) is 5.66. The van der Waals surface area contributed by atoms with Crippen LogP contribution >= 0.6 is 0 Å². The fourth-order valence-electron chi connectivity index (χ4n) is 3.73. The number of aryl methyl sites for hydroxylation is 1. The molecule has 3 aromatic rings. The first-order valence-electron chi connectivity index (χ1n) is 10.2. The van der Waals surface area contributed by atoms with Crippen LogP contribution in [0.4, 0.5) is 5.69 Å². The second-order valence-electron chi connectivity index (χ2n) is 7.53. The minimum absolute atomic E-state index is 0.0393. The van der Waals surface area contributed by atoms with E-state index in [1.165, 1.54) is 5.56 Å². The molecule has 4 N–H and O–H groups in total. The lowest BCUT2D eigenvalue weighted by atomic mass is 9.88. The highest BCUT2D eigenvalue weighted by Crippen LogP contribution is 2.29. The van der Waals surface area contributed by atoms with Gasteiger partial charge in [0.05, 0.1) is 0 Å². The Labute approximate surface area is 180 Å². The van der Waals surface area contributed by atoms with Crippen LogP contribution in [0.2, 0.25) is 0 Å². The van der Waals surface area contributed by atoms with Gasteiger partial charge in [-0.15, -0.1) is 0 Å². The summed E-state index contributed by atoms with van der Waals surface area (Å²) in [7, 11) is 1.56. The van der Waals surface area contributed by atoms with Crippen molar-refractivity contribution in [1.29, 1.82) is 0 Å². The van der Waals surface area contributed by atoms with E-state index >= 15 is 0 Å². The number of ether oxygens (including phenoxy) is 1. The third kappa shape index (κ3) is 4.83. The van der Waals surface area contributed by atoms with Gasteiger partial charge >= 0.3 is 0 Å². The normalized spacial score (nSPS) is 14.9. The molecule has 0 spiro atoms. The Balaban J connectivity index is 1.45. The Bertz CT molecular complexity index is 1130. The zero-order valence-corrected chi connectivity index (χ0v) is 17.2. The van der Waals surface area contributed by atoms with Gasteiger partial charge in [0.15, 0.2) is 0 Å². The summed E-state index contributed by atoms with van der Waals surface area (Å²) in [4.78, 5) is 28.4. The van der Waals surface area contributed by atoms with Gasteiger partial charge in [-0.25, -0.2) is 0 Å². The van der Waals surface area contributed by atoms with E-state index in [1.54, 1.807) is 49.6 Å². The molecule has 0 bridgehead atoms. The Morgan fingerprint density at radius 3 is 2.68 bits per heavy atom. The molecule has 2 amide bonds. The van der Waals surface area contributed by atoms with Gasteiger partial charge in [-0.05, 0) is 66.8 Å². The Morgan fingerprint density at radius 2 is 1.87 bits per heavy atom. The molecular weight excluding hydrogens is 392 g/mol. The number of nitrogens with two attached hydrogens (primary N) is 1. The number of hydrogen-bond acceptors (Lipinski definition) is 5. The summed E-state index contributed by atoms with van der Waals surface area (Å²) in [6, 6.07) is 16.3. The minimum Gasteiger partial charge on any atom is -0.457 e. The Kier molecular flexibility index (Phi) is 5.84. The second-order valence-corrected chi connectivity index (χ2v) is 7.53. The zero-order valence-electron chi connectivity index (χ0n) is 17.2.